The summed E-state index contributed by atoms with van der Waals surface area (Å²) in [5.74, 6) is -0.00375. The van der Waals surface area contributed by atoms with Crippen molar-refractivity contribution in [2.45, 2.75) is 57.0 Å². The lowest BCUT2D eigenvalue weighted by Crippen LogP contribution is -2.43. The van der Waals surface area contributed by atoms with Crippen LogP contribution in [0, 0.1) is 6.92 Å². The lowest BCUT2D eigenvalue weighted by atomic mass is 10.1. The lowest BCUT2D eigenvalue weighted by molar-refractivity contribution is -0.119. The Labute approximate surface area is 182 Å². The van der Waals surface area contributed by atoms with Crippen molar-refractivity contribution < 1.29 is 18.0 Å². The Morgan fingerprint density at radius 1 is 1.23 bits per heavy atom. The third kappa shape index (κ3) is 3.83. The van der Waals surface area contributed by atoms with Crippen LogP contribution in [0.1, 0.15) is 37.8 Å². The largest absolute Gasteiger partial charge is 0.309 e. The smallest absolute Gasteiger partial charge is 0.243 e. The molecule has 1 saturated heterocycles. The van der Waals surface area contributed by atoms with Crippen LogP contribution < -0.4 is 10.2 Å². The van der Waals surface area contributed by atoms with Gasteiger partial charge in [0.05, 0.1) is 4.90 Å². The van der Waals surface area contributed by atoms with Crippen LogP contribution in [0.3, 0.4) is 0 Å². The molecule has 164 valence electrons. The van der Waals surface area contributed by atoms with Crippen molar-refractivity contribution in [2.75, 3.05) is 16.8 Å². The number of aryl methyl sites for hydroxylation is 1. The molecule has 0 spiro atoms. The highest BCUT2D eigenvalue weighted by molar-refractivity contribution is 7.89. The molecule has 0 radical (unpaired) electrons. The summed E-state index contributed by atoms with van der Waals surface area (Å²) in [7, 11) is -3.86. The summed E-state index contributed by atoms with van der Waals surface area (Å²) in [5, 5.41) is 2.77. The molecular formula is C22H26N4O4S. The molecule has 0 aliphatic carbocycles. The van der Waals surface area contributed by atoms with E-state index < -0.39 is 16.1 Å². The summed E-state index contributed by atoms with van der Waals surface area (Å²) in [6.07, 6.45) is 3.25. The monoisotopic (exact) mass is 442 g/mol. The zero-order valence-electron chi connectivity index (χ0n) is 17.8. The second-order valence-electron chi connectivity index (χ2n) is 8.16. The molecule has 2 atom stereocenters. The predicted molar refractivity (Wildman–Crippen MR) is 117 cm³/mol. The van der Waals surface area contributed by atoms with Gasteiger partial charge >= 0.3 is 0 Å². The number of amides is 2. The Morgan fingerprint density at radius 3 is 2.71 bits per heavy atom. The number of aromatic nitrogens is 1. The molecule has 1 N–H and O–H groups in total. The fourth-order valence-corrected chi connectivity index (χ4v) is 6.20. The minimum Gasteiger partial charge on any atom is -0.309 e. The van der Waals surface area contributed by atoms with Gasteiger partial charge in [0, 0.05) is 31.4 Å². The predicted octanol–water partition coefficient (Wildman–Crippen LogP) is 2.48. The number of pyridine rings is 1. The van der Waals surface area contributed by atoms with E-state index in [-0.39, 0.29) is 29.3 Å². The zero-order valence-corrected chi connectivity index (χ0v) is 18.6. The third-order valence-electron chi connectivity index (χ3n) is 5.97. The number of rotatable bonds is 4. The number of carbonyl (C=O) groups excluding carboxylic acids is 2. The topological polar surface area (TPSA) is 99.7 Å². The van der Waals surface area contributed by atoms with Crippen LogP contribution >= 0.6 is 0 Å². The molecule has 3 heterocycles. The first kappa shape index (κ1) is 21.5. The molecule has 2 aliphatic heterocycles. The van der Waals surface area contributed by atoms with E-state index in [0.29, 0.717) is 25.1 Å². The molecule has 31 heavy (non-hydrogen) atoms. The first-order valence-electron chi connectivity index (χ1n) is 10.4. The van der Waals surface area contributed by atoms with Crippen LogP contribution in [0.4, 0.5) is 11.5 Å². The van der Waals surface area contributed by atoms with E-state index >= 15 is 0 Å². The Hall–Kier alpha value is -2.78. The van der Waals surface area contributed by atoms with Crippen molar-refractivity contribution >= 4 is 33.3 Å². The molecule has 2 unspecified atom stereocenters. The molecule has 0 bridgehead atoms. The first-order chi connectivity index (χ1) is 14.7. The number of hydrogen-bond acceptors (Lipinski definition) is 5. The molecule has 1 aromatic carbocycles. The number of sulfonamides is 1. The molecule has 4 rings (SSSR count). The number of benzene rings is 1. The van der Waals surface area contributed by atoms with E-state index in [4.69, 9.17) is 0 Å². The van der Waals surface area contributed by atoms with Crippen LogP contribution in [-0.2, 0) is 26.0 Å². The summed E-state index contributed by atoms with van der Waals surface area (Å²) >= 11 is 0. The number of anilines is 2. The maximum absolute atomic E-state index is 13.4. The van der Waals surface area contributed by atoms with Crippen LogP contribution in [-0.4, -0.2) is 48.1 Å². The highest BCUT2D eigenvalue weighted by Crippen LogP contribution is 2.35. The standard InChI is InChI=1S/C22H26N4O4S/c1-14-6-4-10-23-21(14)24-22(28)20-7-5-11-25(20)31(29,30)18-8-9-19-17(13-18)12-15(2)26(19)16(3)27/h4,6,8-10,13,15,20H,5,7,11-12H2,1-3H3,(H,23,24,28). The second-order valence-corrected chi connectivity index (χ2v) is 10.1. The van der Waals surface area contributed by atoms with E-state index in [2.05, 4.69) is 10.3 Å². The van der Waals surface area contributed by atoms with E-state index in [1.54, 1.807) is 29.3 Å². The van der Waals surface area contributed by atoms with E-state index in [1.807, 2.05) is 19.9 Å². The normalized spacial score (nSPS) is 21.2. The zero-order chi connectivity index (χ0) is 22.3. The van der Waals surface area contributed by atoms with E-state index in [1.165, 1.54) is 17.3 Å². The fourth-order valence-electron chi connectivity index (χ4n) is 4.49. The van der Waals surface area contributed by atoms with Crippen LogP contribution in [0.5, 0.6) is 0 Å². The van der Waals surface area contributed by atoms with Crippen LogP contribution in [0.2, 0.25) is 0 Å². The van der Waals surface area contributed by atoms with Crippen molar-refractivity contribution in [1.29, 1.82) is 0 Å². The molecule has 0 saturated carbocycles. The average molecular weight is 443 g/mol. The number of carbonyl (C=O) groups is 2. The second kappa shape index (κ2) is 8.05. The summed E-state index contributed by atoms with van der Waals surface area (Å²) in [6, 6.07) is 7.67. The molecule has 8 nitrogen and oxygen atoms in total. The maximum atomic E-state index is 13.4. The molecule has 2 amide bonds. The van der Waals surface area contributed by atoms with Gasteiger partial charge in [-0.3, -0.25) is 9.59 Å². The number of nitrogens with zero attached hydrogens (tertiary/aromatic N) is 3. The third-order valence-corrected chi connectivity index (χ3v) is 7.87. The Balaban J connectivity index is 1.60. The average Bonchev–Trinajstić information content (AvgIpc) is 3.33. The van der Waals surface area contributed by atoms with Crippen LogP contribution in [0.15, 0.2) is 41.4 Å². The van der Waals surface area contributed by atoms with Crippen molar-refractivity contribution in [3.63, 3.8) is 0 Å². The summed E-state index contributed by atoms with van der Waals surface area (Å²) in [4.78, 5) is 30.9. The van der Waals surface area contributed by atoms with Gasteiger partial charge in [0.15, 0.2) is 0 Å². The minimum atomic E-state index is -3.86. The minimum absolute atomic E-state index is 0.0163. The summed E-state index contributed by atoms with van der Waals surface area (Å²) in [5.41, 5.74) is 2.39. The Morgan fingerprint density at radius 2 is 2.00 bits per heavy atom. The molecular weight excluding hydrogens is 416 g/mol. The van der Waals surface area contributed by atoms with Gasteiger partial charge in [0.2, 0.25) is 21.8 Å². The van der Waals surface area contributed by atoms with Gasteiger partial charge < -0.3 is 10.2 Å². The molecule has 1 aromatic heterocycles. The van der Waals surface area contributed by atoms with Gasteiger partial charge in [-0.2, -0.15) is 4.31 Å². The number of nitrogens with one attached hydrogen (secondary N) is 1. The number of fused-ring (bicyclic) bond motifs is 1. The summed E-state index contributed by atoms with van der Waals surface area (Å²) < 4.78 is 28.1. The van der Waals surface area contributed by atoms with Gasteiger partial charge in [-0.05, 0) is 68.5 Å². The van der Waals surface area contributed by atoms with Crippen molar-refractivity contribution in [3.8, 4) is 0 Å². The molecule has 2 aromatic rings. The lowest BCUT2D eigenvalue weighted by Gasteiger charge is -2.24. The van der Waals surface area contributed by atoms with E-state index in [0.717, 1.165) is 16.8 Å². The fraction of sp³-hybridized carbons (Fsp3) is 0.409. The maximum Gasteiger partial charge on any atom is 0.243 e. The van der Waals surface area contributed by atoms with Crippen molar-refractivity contribution in [3.05, 3.63) is 47.7 Å². The van der Waals surface area contributed by atoms with Gasteiger partial charge in [0.1, 0.15) is 11.9 Å². The van der Waals surface area contributed by atoms with Crippen molar-refractivity contribution in [2.24, 2.45) is 0 Å². The first-order valence-corrected chi connectivity index (χ1v) is 11.8. The van der Waals surface area contributed by atoms with Gasteiger partial charge in [-0.15, -0.1) is 0 Å². The highest BCUT2D eigenvalue weighted by Gasteiger charge is 2.40. The van der Waals surface area contributed by atoms with Gasteiger partial charge in [-0.25, -0.2) is 13.4 Å². The molecule has 1 fully saturated rings. The Bertz CT molecular complexity index is 1150. The van der Waals surface area contributed by atoms with E-state index in [9.17, 15) is 18.0 Å². The number of hydrogen-bond donors (Lipinski definition) is 1. The Kier molecular flexibility index (Phi) is 5.57. The van der Waals surface area contributed by atoms with Crippen molar-refractivity contribution in [1.82, 2.24) is 9.29 Å². The SMILES string of the molecule is CC(=O)N1c2ccc(S(=O)(=O)N3CCCC3C(=O)Nc3ncccc3C)cc2CC1C. The summed E-state index contributed by atoms with van der Waals surface area (Å²) in [6.45, 7) is 5.57. The molecule has 9 heteroatoms. The highest BCUT2D eigenvalue weighted by atomic mass is 32.2. The quantitative estimate of drug-likeness (QED) is 0.784. The molecule has 2 aliphatic rings. The van der Waals surface area contributed by atoms with Crippen LogP contribution in [0.25, 0.3) is 0 Å². The van der Waals surface area contributed by atoms with Gasteiger partial charge in [-0.1, -0.05) is 6.07 Å². The van der Waals surface area contributed by atoms with Gasteiger partial charge in [0.25, 0.3) is 0 Å².